The van der Waals surface area contributed by atoms with E-state index in [-0.39, 0.29) is 5.91 Å². The van der Waals surface area contributed by atoms with Gasteiger partial charge in [0.15, 0.2) is 5.82 Å². The van der Waals surface area contributed by atoms with Crippen molar-refractivity contribution in [2.24, 2.45) is 0 Å². The van der Waals surface area contributed by atoms with Crippen LogP contribution in [0.1, 0.15) is 21.7 Å². The maximum Gasteiger partial charge on any atom is 0.257 e. The van der Waals surface area contributed by atoms with Crippen molar-refractivity contribution in [1.29, 1.82) is 0 Å². The van der Waals surface area contributed by atoms with Crippen molar-refractivity contribution < 1.29 is 9.32 Å². The van der Waals surface area contributed by atoms with E-state index in [2.05, 4.69) is 20.6 Å². The number of carbonyl (C=O) groups is 1. The molecule has 3 aromatic heterocycles. The Kier molecular flexibility index (Phi) is 4.49. The first-order valence-corrected chi connectivity index (χ1v) is 8.48. The number of benzene rings is 1. The summed E-state index contributed by atoms with van der Waals surface area (Å²) in [5, 5.41) is 11.2. The first-order valence-electron chi connectivity index (χ1n) is 8.48. The highest BCUT2D eigenvalue weighted by Gasteiger charge is 2.21. The van der Waals surface area contributed by atoms with E-state index in [1.165, 1.54) is 0 Å². The van der Waals surface area contributed by atoms with Gasteiger partial charge in [0.25, 0.3) is 5.91 Å². The highest BCUT2D eigenvalue weighted by atomic mass is 16.5. The molecule has 0 radical (unpaired) electrons. The minimum absolute atomic E-state index is 0.247. The number of aryl methyl sites for hydroxylation is 1. The zero-order valence-corrected chi connectivity index (χ0v) is 14.7. The van der Waals surface area contributed by atoms with E-state index in [1.807, 2.05) is 54.7 Å². The van der Waals surface area contributed by atoms with E-state index in [1.54, 1.807) is 24.0 Å². The van der Waals surface area contributed by atoms with Crippen LogP contribution in [0.4, 0.5) is 0 Å². The van der Waals surface area contributed by atoms with Crippen LogP contribution in [0.15, 0.2) is 71.6 Å². The van der Waals surface area contributed by atoms with E-state index < -0.39 is 0 Å². The van der Waals surface area contributed by atoms with E-state index in [4.69, 9.17) is 4.52 Å². The number of amides is 1. The number of aromatic nitrogens is 4. The summed E-state index contributed by atoms with van der Waals surface area (Å²) in [4.78, 5) is 17.2. The second-order valence-corrected chi connectivity index (χ2v) is 5.95. The second-order valence-electron chi connectivity index (χ2n) is 5.95. The summed E-state index contributed by atoms with van der Waals surface area (Å²) in [6.07, 6.45) is 5.19. The Labute approximate surface area is 155 Å². The fourth-order valence-electron chi connectivity index (χ4n) is 2.87. The van der Waals surface area contributed by atoms with Crippen LogP contribution in [0.2, 0.25) is 0 Å². The third-order valence-electron chi connectivity index (χ3n) is 4.17. The topological polar surface area (TPSA) is 85.8 Å². The van der Waals surface area contributed by atoms with Gasteiger partial charge >= 0.3 is 0 Å². The van der Waals surface area contributed by atoms with Crippen molar-refractivity contribution in [3.8, 4) is 17.1 Å². The smallest absolute Gasteiger partial charge is 0.257 e. The first-order chi connectivity index (χ1) is 13.2. The Morgan fingerprint density at radius 1 is 1.11 bits per heavy atom. The molecule has 3 heterocycles. The highest BCUT2D eigenvalue weighted by Crippen LogP contribution is 2.25. The summed E-state index contributed by atoms with van der Waals surface area (Å²) in [6.45, 7) is 2.04. The number of hydrogen-bond donors (Lipinski definition) is 1. The minimum atomic E-state index is -0.247. The summed E-state index contributed by atoms with van der Waals surface area (Å²) < 4.78 is 6.94. The van der Waals surface area contributed by atoms with Gasteiger partial charge in [-0.2, -0.15) is 5.10 Å². The van der Waals surface area contributed by atoms with Crippen molar-refractivity contribution in [3.05, 3.63) is 84.0 Å². The van der Waals surface area contributed by atoms with Crippen LogP contribution >= 0.6 is 0 Å². The Morgan fingerprint density at radius 3 is 2.74 bits per heavy atom. The predicted octanol–water partition coefficient (Wildman–Crippen LogP) is 3.16. The van der Waals surface area contributed by atoms with Crippen molar-refractivity contribution >= 4 is 5.91 Å². The second kappa shape index (κ2) is 7.25. The van der Waals surface area contributed by atoms with E-state index in [9.17, 15) is 4.79 Å². The van der Waals surface area contributed by atoms with Crippen LogP contribution in [0.25, 0.3) is 17.1 Å². The average molecular weight is 359 g/mol. The molecule has 0 spiro atoms. The van der Waals surface area contributed by atoms with Crippen molar-refractivity contribution in [1.82, 2.24) is 25.2 Å². The molecular weight excluding hydrogens is 342 g/mol. The zero-order chi connectivity index (χ0) is 18.6. The number of hydrogen-bond acceptors (Lipinski definition) is 5. The lowest BCUT2D eigenvalue weighted by Crippen LogP contribution is -2.24. The van der Waals surface area contributed by atoms with Crippen LogP contribution in [0.3, 0.4) is 0 Å². The predicted molar refractivity (Wildman–Crippen MR) is 99.2 cm³/mol. The van der Waals surface area contributed by atoms with Gasteiger partial charge in [0.05, 0.1) is 0 Å². The molecule has 0 atom stereocenters. The fraction of sp³-hybridized carbons (Fsp3) is 0.100. The molecule has 0 saturated carbocycles. The molecule has 0 bridgehead atoms. The average Bonchev–Trinajstić information content (AvgIpc) is 3.37. The van der Waals surface area contributed by atoms with Gasteiger partial charge in [0.2, 0.25) is 0 Å². The van der Waals surface area contributed by atoms with Gasteiger partial charge in [-0.15, -0.1) is 0 Å². The van der Waals surface area contributed by atoms with Gasteiger partial charge < -0.3 is 9.84 Å². The van der Waals surface area contributed by atoms with Crippen molar-refractivity contribution in [2.45, 2.75) is 13.5 Å². The standard InChI is InChI=1S/C20H17N5O2/c1-14-17(18(24-27-14)15-7-3-2-4-8-15)20(26)22-13-16-9-5-10-21-19(16)25-12-6-11-23-25/h2-12H,13H2,1H3,(H,22,26). The van der Waals surface area contributed by atoms with Crippen molar-refractivity contribution in [2.75, 3.05) is 0 Å². The van der Waals surface area contributed by atoms with Gasteiger partial charge in [-0.25, -0.2) is 9.67 Å². The molecule has 134 valence electrons. The van der Waals surface area contributed by atoms with Crippen LogP contribution < -0.4 is 5.32 Å². The van der Waals surface area contributed by atoms with Gasteiger partial charge in [-0.3, -0.25) is 4.79 Å². The van der Waals surface area contributed by atoms with E-state index in [0.29, 0.717) is 29.4 Å². The summed E-state index contributed by atoms with van der Waals surface area (Å²) in [6, 6.07) is 15.0. The molecule has 0 aliphatic rings. The fourth-order valence-corrected chi connectivity index (χ4v) is 2.87. The number of nitrogens with one attached hydrogen (secondary N) is 1. The quantitative estimate of drug-likeness (QED) is 0.591. The molecule has 1 N–H and O–H groups in total. The molecule has 0 unspecified atom stereocenters. The molecule has 1 aromatic carbocycles. The minimum Gasteiger partial charge on any atom is -0.360 e. The Morgan fingerprint density at radius 2 is 1.96 bits per heavy atom. The van der Waals surface area contributed by atoms with Crippen LogP contribution in [0.5, 0.6) is 0 Å². The molecule has 7 heteroatoms. The van der Waals surface area contributed by atoms with Crippen LogP contribution in [-0.2, 0) is 6.54 Å². The van der Waals surface area contributed by atoms with Gasteiger partial charge in [0, 0.05) is 36.3 Å². The molecule has 0 aliphatic heterocycles. The SMILES string of the molecule is Cc1onc(-c2ccccc2)c1C(=O)NCc1cccnc1-n1cccn1. The van der Waals surface area contributed by atoms with Crippen molar-refractivity contribution in [3.63, 3.8) is 0 Å². The number of pyridine rings is 1. The summed E-state index contributed by atoms with van der Waals surface area (Å²) in [5.41, 5.74) is 2.65. The Bertz CT molecular complexity index is 1060. The molecule has 7 nitrogen and oxygen atoms in total. The molecule has 0 saturated heterocycles. The lowest BCUT2D eigenvalue weighted by Gasteiger charge is -2.10. The third-order valence-corrected chi connectivity index (χ3v) is 4.17. The Hall–Kier alpha value is -3.74. The summed E-state index contributed by atoms with van der Waals surface area (Å²) >= 11 is 0. The molecule has 0 aliphatic carbocycles. The van der Waals surface area contributed by atoms with Gasteiger partial charge in [0.1, 0.15) is 17.0 Å². The highest BCUT2D eigenvalue weighted by molar-refractivity contribution is 6.00. The Balaban J connectivity index is 1.58. The molecule has 0 fully saturated rings. The first kappa shape index (κ1) is 16.7. The van der Waals surface area contributed by atoms with Gasteiger partial charge in [-0.05, 0) is 19.1 Å². The monoisotopic (exact) mass is 359 g/mol. The zero-order valence-electron chi connectivity index (χ0n) is 14.7. The molecule has 1 amide bonds. The lowest BCUT2D eigenvalue weighted by molar-refractivity contribution is 0.0950. The maximum absolute atomic E-state index is 12.8. The third kappa shape index (κ3) is 3.35. The molecular formula is C20H17N5O2. The van der Waals surface area contributed by atoms with E-state index in [0.717, 1.165) is 11.1 Å². The van der Waals surface area contributed by atoms with Crippen LogP contribution in [0, 0.1) is 6.92 Å². The molecule has 4 rings (SSSR count). The lowest BCUT2D eigenvalue weighted by atomic mass is 10.1. The normalized spacial score (nSPS) is 10.7. The summed E-state index contributed by atoms with van der Waals surface area (Å²) in [5.74, 6) is 0.904. The number of rotatable bonds is 5. The van der Waals surface area contributed by atoms with Gasteiger partial charge in [-0.1, -0.05) is 41.6 Å². The maximum atomic E-state index is 12.8. The molecule has 27 heavy (non-hydrogen) atoms. The van der Waals surface area contributed by atoms with E-state index >= 15 is 0 Å². The molecule has 4 aromatic rings. The largest absolute Gasteiger partial charge is 0.360 e. The summed E-state index contributed by atoms with van der Waals surface area (Å²) in [7, 11) is 0. The van der Waals surface area contributed by atoms with Crippen LogP contribution in [-0.4, -0.2) is 25.8 Å². The number of carbonyl (C=O) groups excluding carboxylic acids is 1. The number of nitrogens with zero attached hydrogens (tertiary/aromatic N) is 4.